The molecule has 1 aliphatic carbocycles. The predicted molar refractivity (Wildman–Crippen MR) is 55.5 cm³/mol. The summed E-state index contributed by atoms with van der Waals surface area (Å²) in [6.45, 7) is 0. The van der Waals surface area contributed by atoms with Gasteiger partial charge in [-0.25, -0.2) is 4.39 Å². The highest BCUT2D eigenvalue weighted by molar-refractivity contribution is 6.15. The monoisotopic (exact) mass is 219 g/mol. The van der Waals surface area contributed by atoms with Crippen LogP contribution in [0.25, 0.3) is 0 Å². The van der Waals surface area contributed by atoms with Crippen molar-refractivity contribution in [3.8, 4) is 0 Å². The number of rotatable bonds is 1. The average molecular weight is 219 g/mol. The van der Waals surface area contributed by atoms with E-state index in [9.17, 15) is 9.18 Å². The highest BCUT2D eigenvalue weighted by Gasteiger charge is 2.45. The van der Waals surface area contributed by atoms with E-state index >= 15 is 0 Å². The first kappa shape index (κ1) is 9.51. The fraction of sp³-hybridized carbons (Fsp3) is 0.333. The summed E-state index contributed by atoms with van der Waals surface area (Å²) >= 11 is 0. The second kappa shape index (κ2) is 3.40. The number of hydrogen-bond donors (Lipinski definition) is 0. The van der Waals surface area contributed by atoms with Crippen molar-refractivity contribution in [3.05, 3.63) is 35.6 Å². The predicted octanol–water partition coefficient (Wildman–Crippen LogP) is 1.91. The van der Waals surface area contributed by atoms with Crippen LogP contribution in [0.3, 0.4) is 0 Å². The minimum absolute atomic E-state index is 0.101. The molecule has 1 fully saturated rings. The lowest BCUT2D eigenvalue weighted by atomic mass is 9.93. The summed E-state index contributed by atoms with van der Waals surface area (Å²) in [6.07, 6.45) is 1.01. The van der Waals surface area contributed by atoms with Crippen LogP contribution in [-0.2, 0) is 9.63 Å². The van der Waals surface area contributed by atoms with Gasteiger partial charge in [0.2, 0.25) is 0 Å². The Morgan fingerprint density at radius 3 is 3.00 bits per heavy atom. The van der Waals surface area contributed by atoms with Gasteiger partial charge in [-0.15, -0.1) is 0 Å². The Labute approximate surface area is 91.9 Å². The fourth-order valence-corrected chi connectivity index (χ4v) is 2.32. The van der Waals surface area contributed by atoms with Gasteiger partial charge < -0.3 is 4.84 Å². The minimum Gasteiger partial charge on any atom is -0.391 e. The lowest BCUT2D eigenvalue weighted by molar-refractivity contribution is -0.119. The second-order valence-corrected chi connectivity index (χ2v) is 4.08. The van der Waals surface area contributed by atoms with Gasteiger partial charge in [0.05, 0.1) is 0 Å². The molecular formula is C12H10FNO2. The van der Waals surface area contributed by atoms with Crippen LogP contribution in [0.5, 0.6) is 0 Å². The molecule has 0 bridgehead atoms. The molecule has 1 aliphatic heterocycles. The summed E-state index contributed by atoms with van der Waals surface area (Å²) in [5.74, 6) is -0.619. The lowest BCUT2D eigenvalue weighted by Gasteiger charge is -2.08. The number of oxime groups is 1. The zero-order valence-corrected chi connectivity index (χ0v) is 8.52. The van der Waals surface area contributed by atoms with Gasteiger partial charge in [-0.2, -0.15) is 0 Å². The number of benzene rings is 1. The lowest BCUT2D eigenvalue weighted by Crippen LogP contribution is -2.24. The first-order valence-corrected chi connectivity index (χ1v) is 5.28. The van der Waals surface area contributed by atoms with E-state index in [1.807, 2.05) is 0 Å². The fourth-order valence-electron chi connectivity index (χ4n) is 2.32. The number of Topliss-reactive ketones (excluding diaryl/α,β-unsaturated/α-hetero) is 1. The maximum absolute atomic E-state index is 13.6. The highest BCUT2D eigenvalue weighted by Crippen LogP contribution is 2.34. The minimum atomic E-state index is -0.364. The van der Waals surface area contributed by atoms with Crippen molar-refractivity contribution in [2.45, 2.75) is 18.9 Å². The number of halogens is 1. The Hall–Kier alpha value is -1.71. The van der Waals surface area contributed by atoms with E-state index in [0.717, 1.165) is 0 Å². The molecular weight excluding hydrogens is 209 g/mol. The number of nitrogens with zero attached hydrogens (tertiary/aromatic N) is 1. The van der Waals surface area contributed by atoms with Crippen molar-refractivity contribution >= 4 is 11.5 Å². The molecule has 0 saturated heterocycles. The number of ketones is 1. The van der Waals surface area contributed by atoms with Crippen LogP contribution in [0.4, 0.5) is 4.39 Å². The Morgan fingerprint density at radius 1 is 1.38 bits per heavy atom. The van der Waals surface area contributed by atoms with Gasteiger partial charge in [-0.3, -0.25) is 4.79 Å². The van der Waals surface area contributed by atoms with E-state index in [0.29, 0.717) is 24.1 Å². The zero-order valence-electron chi connectivity index (χ0n) is 8.52. The Balaban J connectivity index is 2.03. The van der Waals surface area contributed by atoms with Crippen LogP contribution in [0.2, 0.25) is 0 Å². The van der Waals surface area contributed by atoms with Crippen molar-refractivity contribution in [2.24, 2.45) is 11.1 Å². The number of hydrogen-bond acceptors (Lipinski definition) is 3. The van der Waals surface area contributed by atoms with Crippen LogP contribution in [-0.4, -0.2) is 17.6 Å². The summed E-state index contributed by atoms with van der Waals surface area (Å²) in [7, 11) is 0. The van der Waals surface area contributed by atoms with Gasteiger partial charge in [-0.05, 0) is 12.5 Å². The summed E-state index contributed by atoms with van der Waals surface area (Å²) in [4.78, 5) is 16.8. The van der Waals surface area contributed by atoms with Gasteiger partial charge in [-0.1, -0.05) is 23.4 Å². The molecule has 0 aromatic heterocycles. The third-order valence-electron chi connectivity index (χ3n) is 3.12. The summed E-state index contributed by atoms with van der Waals surface area (Å²) in [5.41, 5.74) is 0.829. The van der Waals surface area contributed by atoms with E-state index in [1.54, 1.807) is 18.2 Å². The Kier molecular flexibility index (Phi) is 2.02. The summed E-state index contributed by atoms with van der Waals surface area (Å²) in [5, 5.41) is 3.86. The molecule has 3 rings (SSSR count). The number of carbonyl (C=O) groups excluding carboxylic acids is 1. The van der Waals surface area contributed by atoms with Crippen molar-refractivity contribution in [3.63, 3.8) is 0 Å². The molecule has 82 valence electrons. The van der Waals surface area contributed by atoms with Crippen LogP contribution in [0.15, 0.2) is 29.4 Å². The Morgan fingerprint density at radius 2 is 2.19 bits per heavy atom. The molecule has 0 amide bonds. The van der Waals surface area contributed by atoms with Gasteiger partial charge in [0.1, 0.15) is 29.3 Å². The third-order valence-corrected chi connectivity index (χ3v) is 3.12. The van der Waals surface area contributed by atoms with E-state index in [1.165, 1.54) is 6.07 Å². The third kappa shape index (κ3) is 1.26. The molecule has 4 heteroatoms. The van der Waals surface area contributed by atoms with Crippen LogP contribution in [0.1, 0.15) is 18.4 Å². The second-order valence-electron chi connectivity index (χ2n) is 4.08. The molecule has 1 aromatic rings. The largest absolute Gasteiger partial charge is 0.391 e. The van der Waals surface area contributed by atoms with E-state index in [2.05, 4.69) is 5.16 Å². The van der Waals surface area contributed by atoms with Crippen molar-refractivity contribution in [1.82, 2.24) is 0 Å². The first-order chi connectivity index (χ1) is 7.77. The van der Waals surface area contributed by atoms with Gasteiger partial charge in [0.15, 0.2) is 0 Å². The maximum Gasteiger partial charge on any atom is 0.146 e. The quantitative estimate of drug-likeness (QED) is 0.723. The van der Waals surface area contributed by atoms with E-state index in [4.69, 9.17) is 4.84 Å². The van der Waals surface area contributed by atoms with Gasteiger partial charge in [0, 0.05) is 12.0 Å². The van der Waals surface area contributed by atoms with Crippen LogP contribution >= 0.6 is 0 Å². The molecule has 3 nitrogen and oxygen atoms in total. The van der Waals surface area contributed by atoms with Crippen molar-refractivity contribution < 1.29 is 14.0 Å². The van der Waals surface area contributed by atoms with Crippen molar-refractivity contribution in [1.29, 1.82) is 0 Å². The SMILES string of the molecule is O=C1CC[C@H]2ON=C(c3ccccc3F)[C@@H]12. The standard InChI is InChI=1S/C12H10FNO2/c13-8-4-2-1-3-7(8)12-11-9(15)5-6-10(11)16-14-12/h1-4,10-11H,5-6H2/t10-,11+/m1/s1. The molecule has 16 heavy (non-hydrogen) atoms. The molecule has 2 aliphatic rings. The van der Waals surface area contributed by atoms with Crippen LogP contribution < -0.4 is 0 Å². The molecule has 2 atom stereocenters. The smallest absolute Gasteiger partial charge is 0.146 e. The first-order valence-electron chi connectivity index (χ1n) is 5.28. The summed E-state index contributed by atoms with van der Waals surface area (Å²) in [6, 6.07) is 6.34. The number of carbonyl (C=O) groups is 1. The van der Waals surface area contributed by atoms with Crippen molar-refractivity contribution in [2.75, 3.05) is 0 Å². The normalized spacial score (nSPS) is 27.6. The molecule has 0 unspecified atom stereocenters. The zero-order chi connectivity index (χ0) is 11.1. The molecule has 0 spiro atoms. The molecule has 1 saturated carbocycles. The van der Waals surface area contributed by atoms with E-state index < -0.39 is 0 Å². The maximum atomic E-state index is 13.6. The molecule has 1 aromatic carbocycles. The number of fused-ring (bicyclic) bond motifs is 1. The van der Waals surface area contributed by atoms with Gasteiger partial charge >= 0.3 is 0 Å². The highest BCUT2D eigenvalue weighted by atomic mass is 19.1. The van der Waals surface area contributed by atoms with E-state index in [-0.39, 0.29) is 23.6 Å². The topological polar surface area (TPSA) is 38.7 Å². The molecule has 0 radical (unpaired) electrons. The van der Waals surface area contributed by atoms with Gasteiger partial charge in [0.25, 0.3) is 0 Å². The summed E-state index contributed by atoms with van der Waals surface area (Å²) < 4.78 is 13.6. The Bertz CT molecular complexity index is 484. The molecule has 0 N–H and O–H groups in total. The van der Waals surface area contributed by atoms with Crippen LogP contribution in [0, 0.1) is 11.7 Å². The molecule has 1 heterocycles. The average Bonchev–Trinajstić information content (AvgIpc) is 2.83.